The highest BCUT2D eigenvalue weighted by molar-refractivity contribution is 9.12. The van der Waals surface area contributed by atoms with Crippen molar-refractivity contribution in [1.82, 2.24) is 4.90 Å². The van der Waals surface area contributed by atoms with E-state index in [0.717, 1.165) is 12.8 Å². The van der Waals surface area contributed by atoms with Crippen molar-refractivity contribution < 1.29 is 8.78 Å². The molecular formula is C11H14BrF2N. The van der Waals surface area contributed by atoms with Crippen LogP contribution in [0.25, 0.3) is 0 Å². The molecule has 1 fully saturated rings. The average Bonchev–Trinajstić information content (AvgIpc) is 2.13. The number of nitrogens with zero attached hydrogens (tertiary/aromatic N) is 1. The van der Waals surface area contributed by atoms with Gasteiger partial charge in [-0.25, -0.2) is 8.78 Å². The second-order valence-corrected chi connectivity index (χ2v) is 5.29. The number of allylic oxidation sites excluding steroid dienone is 2. The Morgan fingerprint density at radius 3 is 2.53 bits per heavy atom. The first-order valence-electron chi connectivity index (χ1n) is 5.15. The largest absolute Gasteiger partial charge is 0.367 e. The van der Waals surface area contributed by atoms with E-state index in [1.807, 2.05) is 6.20 Å². The van der Waals surface area contributed by atoms with Gasteiger partial charge in [-0.05, 0) is 42.1 Å². The Morgan fingerprint density at radius 2 is 2.13 bits per heavy atom. The predicted octanol–water partition coefficient (Wildman–Crippen LogP) is 3.67. The molecule has 2 rings (SSSR count). The van der Waals surface area contributed by atoms with E-state index in [0.29, 0.717) is 11.0 Å². The van der Waals surface area contributed by atoms with Crippen molar-refractivity contribution >= 4 is 15.9 Å². The molecular weight excluding hydrogens is 264 g/mol. The van der Waals surface area contributed by atoms with Crippen LogP contribution in [-0.2, 0) is 0 Å². The quantitative estimate of drug-likeness (QED) is 0.745. The first kappa shape index (κ1) is 11.1. The Bertz CT molecular complexity index is 319. The van der Waals surface area contributed by atoms with Crippen molar-refractivity contribution in [2.45, 2.75) is 38.2 Å². The summed E-state index contributed by atoms with van der Waals surface area (Å²) in [7, 11) is 0. The van der Waals surface area contributed by atoms with Gasteiger partial charge < -0.3 is 4.90 Å². The molecule has 0 aromatic heterocycles. The first-order valence-corrected chi connectivity index (χ1v) is 5.95. The van der Waals surface area contributed by atoms with Crippen LogP contribution in [-0.4, -0.2) is 23.4 Å². The average molecular weight is 278 g/mol. The summed E-state index contributed by atoms with van der Waals surface area (Å²) in [6.45, 7) is 2.79. The lowest BCUT2D eigenvalue weighted by Gasteiger charge is -2.48. The van der Waals surface area contributed by atoms with Crippen LogP contribution >= 0.6 is 15.9 Å². The number of hydrogen-bond donors (Lipinski definition) is 0. The van der Waals surface area contributed by atoms with E-state index in [9.17, 15) is 8.78 Å². The summed E-state index contributed by atoms with van der Waals surface area (Å²) >= 11 is 3.21. The Kier molecular flexibility index (Phi) is 2.88. The van der Waals surface area contributed by atoms with E-state index in [1.165, 1.54) is 6.42 Å². The molecule has 0 spiro atoms. The molecule has 0 unspecified atom stereocenters. The molecule has 2 aliphatic rings. The number of alkyl halides is 2. The molecule has 84 valence electrons. The van der Waals surface area contributed by atoms with Gasteiger partial charge in [-0.1, -0.05) is 6.08 Å². The van der Waals surface area contributed by atoms with Gasteiger partial charge in [0.05, 0.1) is 0 Å². The monoisotopic (exact) mass is 277 g/mol. The molecule has 0 radical (unpaired) electrons. The molecule has 0 aromatic carbocycles. The molecule has 4 heteroatoms. The van der Waals surface area contributed by atoms with Crippen molar-refractivity contribution in [3.8, 4) is 0 Å². The summed E-state index contributed by atoms with van der Waals surface area (Å²) in [5.41, 5.74) is 0.303. The zero-order valence-electron chi connectivity index (χ0n) is 8.64. The normalized spacial score (nSPS) is 24.7. The maximum Gasteiger partial charge on any atom is 0.264 e. The number of rotatable bonds is 2. The molecule has 1 aliphatic heterocycles. The molecule has 15 heavy (non-hydrogen) atoms. The van der Waals surface area contributed by atoms with Crippen LogP contribution in [0, 0.1) is 0 Å². The van der Waals surface area contributed by atoms with E-state index >= 15 is 0 Å². The molecule has 0 atom stereocenters. The van der Waals surface area contributed by atoms with Crippen molar-refractivity contribution in [2.75, 3.05) is 6.54 Å². The molecule has 1 saturated carbocycles. The van der Waals surface area contributed by atoms with Gasteiger partial charge >= 0.3 is 0 Å². The van der Waals surface area contributed by atoms with Gasteiger partial charge in [-0.15, -0.1) is 0 Å². The van der Waals surface area contributed by atoms with E-state index in [1.54, 1.807) is 6.08 Å². The summed E-state index contributed by atoms with van der Waals surface area (Å²) in [5.74, 6) is 0. The van der Waals surface area contributed by atoms with Crippen LogP contribution in [0.5, 0.6) is 0 Å². The second kappa shape index (κ2) is 3.89. The first-order chi connectivity index (χ1) is 7.03. The van der Waals surface area contributed by atoms with Crippen molar-refractivity contribution in [3.63, 3.8) is 0 Å². The Hall–Kier alpha value is -0.380. The lowest BCUT2D eigenvalue weighted by molar-refractivity contribution is 0.0830. The number of halogens is 3. The third-order valence-electron chi connectivity index (χ3n) is 3.41. The van der Waals surface area contributed by atoms with Gasteiger partial charge in [0.25, 0.3) is 6.43 Å². The van der Waals surface area contributed by atoms with Crippen LogP contribution in [0.1, 0.15) is 26.2 Å². The molecule has 0 aromatic rings. The minimum atomic E-state index is -2.38. The highest BCUT2D eigenvalue weighted by Gasteiger charge is 2.37. The topological polar surface area (TPSA) is 3.24 Å². The molecule has 1 heterocycles. The van der Waals surface area contributed by atoms with Gasteiger partial charge in [-0.3, -0.25) is 0 Å². The molecule has 1 aliphatic carbocycles. The van der Waals surface area contributed by atoms with E-state index < -0.39 is 6.43 Å². The zero-order chi connectivity index (χ0) is 11.1. The summed E-state index contributed by atoms with van der Waals surface area (Å²) in [6.07, 6.45) is 4.61. The minimum absolute atomic E-state index is 0.120. The van der Waals surface area contributed by atoms with Crippen LogP contribution in [0.2, 0.25) is 0 Å². The minimum Gasteiger partial charge on any atom is -0.367 e. The van der Waals surface area contributed by atoms with Crippen LogP contribution in [0.15, 0.2) is 22.3 Å². The predicted molar refractivity (Wildman–Crippen MR) is 60.1 cm³/mol. The molecule has 0 bridgehead atoms. The van der Waals surface area contributed by atoms with Crippen molar-refractivity contribution in [2.24, 2.45) is 0 Å². The Labute approximate surface area is 97.0 Å². The van der Waals surface area contributed by atoms with Gasteiger partial charge in [0, 0.05) is 28.3 Å². The fourth-order valence-electron chi connectivity index (χ4n) is 2.10. The van der Waals surface area contributed by atoms with Gasteiger partial charge in [0.15, 0.2) is 0 Å². The second-order valence-electron chi connectivity index (χ2n) is 4.44. The summed E-state index contributed by atoms with van der Waals surface area (Å²) in [4.78, 5) is 2.16. The fraction of sp³-hybridized carbons (Fsp3) is 0.636. The highest BCUT2D eigenvalue weighted by atomic mass is 79.9. The highest BCUT2D eigenvalue weighted by Crippen LogP contribution is 2.40. The van der Waals surface area contributed by atoms with E-state index in [-0.39, 0.29) is 11.1 Å². The zero-order valence-corrected chi connectivity index (χ0v) is 10.2. The van der Waals surface area contributed by atoms with E-state index in [4.69, 9.17) is 0 Å². The SMILES string of the molecule is CC1(N2C=C(Br)C(C(F)F)=CC2)CCC1. The van der Waals surface area contributed by atoms with Crippen molar-refractivity contribution in [3.05, 3.63) is 22.3 Å². The third-order valence-corrected chi connectivity index (χ3v) is 4.07. The van der Waals surface area contributed by atoms with E-state index in [2.05, 4.69) is 27.8 Å². The lowest BCUT2D eigenvalue weighted by Crippen LogP contribution is -2.49. The van der Waals surface area contributed by atoms with Crippen LogP contribution in [0.3, 0.4) is 0 Å². The number of hydrogen-bond acceptors (Lipinski definition) is 1. The smallest absolute Gasteiger partial charge is 0.264 e. The summed E-state index contributed by atoms with van der Waals surface area (Å²) in [5, 5.41) is 0. The Morgan fingerprint density at radius 1 is 1.47 bits per heavy atom. The summed E-state index contributed by atoms with van der Waals surface area (Å²) in [6, 6.07) is 0. The summed E-state index contributed by atoms with van der Waals surface area (Å²) < 4.78 is 25.6. The maximum absolute atomic E-state index is 12.5. The van der Waals surface area contributed by atoms with Crippen LogP contribution < -0.4 is 0 Å². The third kappa shape index (κ3) is 1.96. The van der Waals surface area contributed by atoms with Gasteiger partial charge in [0.2, 0.25) is 0 Å². The van der Waals surface area contributed by atoms with Crippen molar-refractivity contribution in [1.29, 1.82) is 0 Å². The maximum atomic E-state index is 12.5. The standard InChI is InChI=1S/C11H14BrF2N/c1-11(4-2-5-11)15-6-3-8(10(13)14)9(12)7-15/h3,7,10H,2,4-6H2,1H3. The Balaban J connectivity index is 2.11. The molecule has 0 N–H and O–H groups in total. The van der Waals surface area contributed by atoms with Crippen LogP contribution in [0.4, 0.5) is 8.78 Å². The lowest BCUT2D eigenvalue weighted by atomic mass is 9.77. The van der Waals surface area contributed by atoms with Gasteiger partial charge in [0.1, 0.15) is 0 Å². The molecule has 0 amide bonds. The molecule has 0 saturated heterocycles. The fourth-order valence-corrected chi connectivity index (χ4v) is 2.69. The van der Waals surface area contributed by atoms with Gasteiger partial charge in [-0.2, -0.15) is 0 Å². The molecule has 1 nitrogen and oxygen atoms in total.